The van der Waals surface area contributed by atoms with Crippen molar-refractivity contribution in [2.75, 3.05) is 0 Å². The average molecular weight is 225 g/mol. The molecule has 0 saturated carbocycles. The lowest BCUT2D eigenvalue weighted by atomic mass is 10.2. The Bertz CT molecular complexity index is 441. The minimum atomic E-state index is -1.10. The number of benzene rings is 1. The van der Waals surface area contributed by atoms with E-state index in [1.54, 1.807) is 0 Å². The summed E-state index contributed by atoms with van der Waals surface area (Å²) in [6, 6.07) is 1.53. The number of hydrogen-bond donors (Lipinski definition) is 4. The molecule has 0 bridgehead atoms. The van der Waals surface area contributed by atoms with Gasteiger partial charge in [0.25, 0.3) is 0 Å². The van der Waals surface area contributed by atoms with Crippen LogP contribution in [0.15, 0.2) is 17.1 Å². The van der Waals surface area contributed by atoms with Gasteiger partial charge in [-0.2, -0.15) is 0 Å². The second-order valence-corrected chi connectivity index (χ2v) is 3.16. The molecule has 86 valence electrons. The summed E-state index contributed by atoms with van der Waals surface area (Å²) in [4.78, 5) is 14.1. The summed E-state index contributed by atoms with van der Waals surface area (Å²) >= 11 is 0. The van der Waals surface area contributed by atoms with Crippen molar-refractivity contribution in [3.63, 3.8) is 0 Å². The minimum Gasteiger partial charge on any atom is -0.504 e. The molecule has 1 aromatic carbocycles. The van der Waals surface area contributed by atoms with Crippen molar-refractivity contribution in [2.24, 2.45) is 4.99 Å². The number of nitrogens with zero attached hydrogens (tertiary/aromatic N) is 1. The Balaban J connectivity index is 2.99. The first-order valence-corrected chi connectivity index (χ1v) is 4.43. The first kappa shape index (κ1) is 11.8. The molecule has 0 amide bonds. The molecular formula is C10H11NO5. The largest absolute Gasteiger partial charge is 0.504 e. The van der Waals surface area contributed by atoms with Gasteiger partial charge in [-0.05, 0) is 19.1 Å². The summed E-state index contributed by atoms with van der Waals surface area (Å²) in [6.45, 7) is 1.37. The molecule has 6 nitrogen and oxygen atoms in total. The third kappa shape index (κ3) is 2.41. The van der Waals surface area contributed by atoms with Gasteiger partial charge in [-0.3, -0.25) is 4.99 Å². The monoisotopic (exact) mass is 225 g/mol. The zero-order valence-corrected chi connectivity index (χ0v) is 8.45. The number of phenolic OH excluding ortho intramolecular Hbond substituents is 3. The van der Waals surface area contributed by atoms with Gasteiger partial charge in [0.2, 0.25) is 5.75 Å². The van der Waals surface area contributed by atoms with Crippen LogP contribution in [0.4, 0.5) is 0 Å². The standard InChI is InChI=1S/C10H11NO5/c1-5(10(15)16)11-4-6-2-3-7(12)9(14)8(6)13/h2-5,12-14H,1H3,(H,15,16)/t5-/m0/s1. The molecule has 1 aromatic rings. The first-order valence-electron chi connectivity index (χ1n) is 4.43. The smallest absolute Gasteiger partial charge is 0.328 e. The molecule has 0 spiro atoms. The van der Waals surface area contributed by atoms with Crippen molar-refractivity contribution in [3.8, 4) is 17.2 Å². The second kappa shape index (κ2) is 4.52. The molecule has 0 aliphatic carbocycles. The predicted molar refractivity (Wildman–Crippen MR) is 56.1 cm³/mol. The van der Waals surface area contributed by atoms with E-state index in [0.717, 1.165) is 6.21 Å². The molecule has 0 aromatic heterocycles. The Hall–Kier alpha value is -2.24. The fourth-order valence-corrected chi connectivity index (χ4v) is 0.945. The second-order valence-electron chi connectivity index (χ2n) is 3.16. The Kier molecular flexibility index (Phi) is 3.34. The van der Waals surface area contributed by atoms with Crippen LogP contribution in [0.25, 0.3) is 0 Å². The lowest BCUT2D eigenvalue weighted by molar-refractivity contribution is -0.137. The van der Waals surface area contributed by atoms with Crippen LogP contribution in [0.1, 0.15) is 12.5 Å². The van der Waals surface area contributed by atoms with Crippen LogP contribution in [0.3, 0.4) is 0 Å². The predicted octanol–water partition coefficient (Wildman–Crippen LogP) is 0.695. The summed E-state index contributed by atoms with van der Waals surface area (Å²) < 4.78 is 0. The lowest BCUT2D eigenvalue weighted by Crippen LogP contribution is -2.13. The van der Waals surface area contributed by atoms with Crippen molar-refractivity contribution in [1.29, 1.82) is 0 Å². The van der Waals surface area contributed by atoms with Gasteiger partial charge in [0.1, 0.15) is 6.04 Å². The highest BCUT2D eigenvalue weighted by Crippen LogP contribution is 2.36. The van der Waals surface area contributed by atoms with E-state index in [4.69, 9.17) is 10.2 Å². The Morgan fingerprint density at radius 1 is 1.31 bits per heavy atom. The highest BCUT2D eigenvalue weighted by molar-refractivity contribution is 5.87. The van der Waals surface area contributed by atoms with Crippen LogP contribution in [-0.2, 0) is 4.79 Å². The van der Waals surface area contributed by atoms with Crippen molar-refractivity contribution in [3.05, 3.63) is 17.7 Å². The maximum atomic E-state index is 10.5. The van der Waals surface area contributed by atoms with E-state index in [1.807, 2.05) is 0 Å². The lowest BCUT2D eigenvalue weighted by Gasteiger charge is -2.04. The maximum Gasteiger partial charge on any atom is 0.328 e. The van der Waals surface area contributed by atoms with Gasteiger partial charge in [-0.15, -0.1) is 0 Å². The van der Waals surface area contributed by atoms with Crippen molar-refractivity contribution >= 4 is 12.2 Å². The van der Waals surface area contributed by atoms with Crippen LogP contribution in [0.5, 0.6) is 17.2 Å². The van der Waals surface area contributed by atoms with E-state index in [9.17, 15) is 15.0 Å². The number of aromatic hydroxyl groups is 3. The summed E-state index contributed by atoms with van der Waals surface area (Å²) in [5, 5.41) is 36.2. The summed E-state index contributed by atoms with van der Waals surface area (Å²) in [5.41, 5.74) is 0.128. The Labute approximate surface area is 91.1 Å². The molecule has 1 atom stereocenters. The zero-order chi connectivity index (χ0) is 12.3. The SMILES string of the molecule is C[C@H](N=Cc1ccc(O)c(O)c1O)C(=O)O. The Morgan fingerprint density at radius 2 is 1.94 bits per heavy atom. The Morgan fingerprint density at radius 3 is 2.50 bits per heavy atom. The van der Waals surface area contributed by atoms with E-state index in [0.29, 0.717) is 0 Å². The highest BCUT2D eigenvalue weighted by atomic mass is 16.4. The minimum absolute atomic E-state index is 0.128. The number of rotatable bonds is 3. The highest BCUT2D eigenvalue weighted by Gasteiger charge is 2.11. The third-order valence-corrected chi connectivity index (χ3v) is 1.96. The van der Waals surface area contributed by atoms with Crippen molar-refractivity contribution < 1.29 is 25.2 Å². The van der Waals surface area contributed by atoms with Crippen molar-refractivity contribution in [1.82, 2.24) is 0 Å². The number of phenols is 3. The molecule has 0 fully saturated rings. The van der Waals surface area contributed by atoms with Gasteiger partial charge >= 0.3 is 5.97 Å². The third-order valence-electron chi connectivity index (χ3n) is 1.96. The van der Waals surface area contributed by atoms with Crippen LogP contribution in [0.2, 0.25) is 0 Å². The topological polar surface area (TPSA) is 110 Å². The number of aliphatic carboxylic acids is 1. The molecule has 1 rings (SSSR count). The molecule has 0 heterocycles. The van der Waals surface area contributed by atoms with Gasteiger partial charge in [0.05, 0.1) is 0 Å². The molecule has 4 N–H and O–H groups in total. The number of aliphatic imine (C=N–C) groups is 1. The summed E-state index contributed by atoms with van der Waals surface area (Å²) in [5.74, 6) is -2.76. The van der Waals surface area contributed by atoms with E-state index in [1.165, 1.54) is 19.1 Å². The normalized spacial score (nSPS) is 12.8. The quantitative estimate of drug-likeness (QED) is 0.447. The molecule has 0 radical (unpaired) electrons. The summed E-state index contributed by atoms with van der Waals surface area (Å²) in [6.07, 6.45) is 1.12. The van der Waals surface area contributed by atoms with E-state index < -0.39 is 29.3 Å². The van der Waals surface area contributed by atoms with Gasteiger partial charge in [-0.25, -0.2) is 4.79 Å². The number of carboxylic acid groups (broad SMARTS) is 1. The van der Waals surface area contributed by atoms with Gasteiger partial charge in [-0.1, -0.05) is 0 Å². The molecule has 0 saturated heterocycles. The molecule has 6 heteroatoms. The first-order chi connectivity index (χ1) is 7.43. The van der Waals surface area contributed by atoms with Crippen LogP contribution in [0, 0.1) is 0 Å². The number of carbonyl (C=O) groups is 1. The van der Waals surface area contributed by atoms with Gasteiger partial charge < -0.3 is 20.4 Å². The van der Waals surface area contributed by atoms with E-state index in [-0.39, 0.29) is 5.56 Å². The van der Waals surface area contributed by atoms with Gasteiger partial charge in [0.15, 0.2) is 11.5 Å². The van der Waals surface area contributed by atoms with E-state index >= 15 is 0 Å². The molecular weight excluding hydrogens is 214 g/mol. The summed E-state index contributed by atoms with van der Waals surface area (Å²) in [7, 11) is 0. The van der Waals surface area contributed by atoms with Crippen LogP contribution < -0.4 is 0 Å². The zero-order valence-electron chi connectivity index (χ0n) is 8.45. The van der Waals surface area contributed by atoms with Gasteiger partial charge in [0, 0.05) is 11.8 Å². The molecule has 0 unspecified atom stereocenters. The van der Waals surface area contributed by atoms with Crippen LogP contribution in [-0.4, -0.2) is 38.7 Å². The number of hydrogen-bond acceptors (Lipinski definition) is 5. The van der Waals surface area contributed by atoms with Crippen molar-refractivity contribution in [2.45, 2.75) is 13.0 Å². The van der Waals surface area contributed by atoms with Crippen LogP contribution >= 0.6 is 0 Å². The molecule has 0 aliphatic heterocycles. The number of carboxylic acids is 1. The molecule has 16 heavy (non-hydrogen) atoms. The average Bonchev–Trinajstić information content (AvgIpc) is 2.24. The maximum absolute atomic E-state index is 10.5. The van der Waals surface area contributed by atoms with E-state index in [2.05, 4.69) is 4.99 Å². The fourth-order valence-electron chi connectivity index (χ4n) is 0.945. The fraction of sp³-hybridized carbons (Fsp3) is 0.200. The molecule has 0 aliphatic rings.